The first-order valence-electron chi connectivity index (χ1n) is 10.2. The molecule has 0 saturated heterocycles. The number of pyridine rings is 1. The lowest BCUT2D eigenvalue weighted by Crippen LogP contribution is -2.28. The van der Waals surface area contributed by atoms with Crippen molar-refractivity contribution in [3.63, 3.8) is 0 Å². The van der Waals surface area contributed by atoms with Crippen LogP contribution in [-0.2, 0) is 11.2 Å². The number of benzene rings is 2. The Morgan fingerprint density at radius 2 is 1.87 bits per heavy atom. The summed E-state index contributed by atoms with van der Waals surface area (Å²) in [5.41, 5.74) is 4.19. The third-order valence-electron chi connectivity index (χ3n) is 4.85. The third-order valence-corrected chi connectivity index (χ3v) is 4.85. The van der Waals surface area contributed by atoms with E-state index in [1.165, 1.54) is 0 Å². The van der Waals surface area contributed by atoms with Gasteiger partial charge in [0.1, 0.15) is 12.4 Å². The van der Waals surface area contributed by atoms with E-state index in [0.29, 0.717) is 13.0 Å². The number of hydrogen-bond donors (Lipinski definition) is 1. The van der Waals surface area contributed by atoms with E-state index in [0.717, 1.165) is 34.5 Å². The number of nitrogens with one attached hydrogen (secondary N) is 1. The molecule has 1 N–H and O–H groups in total. The van der Waals surface area contributed by atoms with E-state index in [1.54, 1.807) is 6.20 Å². The number of rotatable bonds is 9. The second kappa shape index (κ2) is 10.6. The number of likely N-dealkylation sites (N-methyl/N-ethyl adjacent to an activating group) is 1. The van der Waals surface area contributed by atoms with Gasteiger partial charge in [0.2, 0.25) is 5.91 Å². The lowest BCUT2D eigenvalue weighted by Gasteiger charge is -2.15. The summed E-state index contributed by atoms with van der Waals surface area (Å²) >= 11 is 0. The van der Waals surface area contributed by atoms with Gasteiger partial charge < -0.3 is 15.0 Å². The SMILES string of the molecule is C[C@H](NC(=O)Cc1cccc(OCCN(C)C)c1)c1ccc(-c2cccnc2)cc1. The highest BCUT2D eigenvalue weighted by molar-refractivity contribution is 5.79. The van der Waals surface area contributed by atoms with Gasteiger partial charge in [-0.2, -0.15) is 0 Å². The lowest BCUT2D eigenvalue weighted by molar-refractivity contribution is -0.121. The van der Waals surface area contributed by atoms with Crippen molar-refractivity contribution in [3.8, 4) is 16.9 Å². The van der Waals surface area contributed by atoms with E-state index in [4.69, 9.17) is 4.74 Å². The zero-order valence-electron chi connectivity index (χ0n) is 17.8. The van der Waals surface area contributed by atoms with Crippen molar-refractivity contribution in [2.24, 2.45) is 0 Å². The molecule has 0 aliphatic heterocycles. The van der Waals surface area contributed by atoms with Crippen molar-refractivity contribution < 1.29 is 9.53 Å². The molecule has 0 aliphatic rings. The fourth-order valence-electron chi connectivity index (χ4n) is 3.15. The molecule has 0 bridgehead atoms. The summed E-state index contributed by atoms with van der Waals surface area (Å²) in [5, 5.41) is 3.08. The molecule has 0 unspecified atom stereocenters. The number of amides is 1. The molecule has 5 heteroatoms. The smallest absolute Gasteiger partial charge is 0.224 e. The minimum Gasteiger partial charge on any atom is -0.492 e. The van der Waals surface area contributed by atoms with Gasteiger partial charge in [-0.3, -0.25) is 9.78 Å². The predicted octanol–water partition coefficient (Wildman–Crippen LogP) is 4.11. The zero-order valence-corrected chi connectivity index (χ0v) is 17.8. The van der Waals surface area contributed by atoms with E-state index in [2.05, 4.69) is 27.3 Å². The molecule has 1 heterocycles. The van der Waals surface area contributed by atoms with Crippen LogP contribution in [0.5, 0.6) is 5.75 Å². The normalized spacial score (nSPS) is 11.9. The van der Waals surface area contributed by atoms with Crippen LogP contribution >= 0.6 is 0 Å². The van der Waals surface area contributed by atoms with Crippen LogP contribution in [-0.4, -0.2) is 43.0 Å². The Bertz CT molecular complexity index is 940. The molecule has 0 radical (unpaired) electrons. The molecular formula is C25H29N3O2. The fourth-order valence-corrected chi connectivity index (χ4v) is 3.15. The summed E-state index contributed by atoms with van der Waals surface area (Å²) in [7, 11) is 4.02. The summed E-state index contributed by atoms with van der Waals surface area (Å²) in [6, 6.07) is 19.8. The molecule has 1 aromatic heterocycles. The van der Waals surface area contributed by atoms with Gasteiger partial charge in [-0.15, -0.1) is 0 Å². The Morgan fingerprint density at radius 1 is 1.07 bits per heavy atom. The topological polar surface area (TPSA) is 54.5 Å². The maximum Gasteiger partial charge on any atom is 0.224 e. The Balaban J connectivity index is 1.54. The highest BCUT2D eigenvalue weighted by Gasteiger charge is 2.11. The Hall–Kier alpha value is -3.18. The molecule has 5 nitrogen and oxygen atoms in total. The standard InChI is InChI=1S/C25H29N3O2/c1-19(21-9-11-22(12-10-21)23-7-5-13-26-18-23)27-25(29)17-20-6-4-8-24(16-20)30-15-14-28(2)3/h4-13,16,18-19H,14-15,17H2,1-3H3,(H,27,29)/t19-/m0/s1. The van der Waals surface area contributed by atoms with Gasteiger partial charge in [0.05, 0.1) is 12.5 Å². The maximum atomic E-state index is 12.5. The van der Waals surface area contributed by atoms with Crippen molar-refractivity contribution in [1.29, 1.82) is 0 Å². The molecular weight excluding hydrogens is 374 g/mol. The predicted molar refractivity (Wildman–Crippen MR) is 120 cm³/mol. The second-order valence-electron chi connectivity index (χ2n) is 7.63. The first-order valence-corrected chi connectivity index (χ1v) is 10.2. The number of hydrogen-bond acceptors (Lipinski definition) is 4. The van der Waals surface area contributed by atoms with E-state index < -0.39 is 0 Å². The number of nitrogens with zero attached hydrogens (tertiary/aromatic N) is 2. The zero-order chi connectivity index (χ0) is 21.3. The molecule has 0 spiro atoms. The van der Waals surface area contributed by atoms with Crippen molar-refractivity contribution >= 4 is 5.91 Å². The largest absolute Gasteiger partial charge is 0.492 e. The highest BCUT2D eigenvalue weighted by atomic mass is 16.5. The molecule has 3 rings (SSSR count). The molecule has 0 saturated carbocycles. The minimum atomic E-state index is -0.0695. The summed E-state index contributed by atoms with van der Waals surface area (Å²) in [6.07, 6.45) is 3.93. The van der Waals surface area contributed by atoms with E-state index in [1.807, 2.05) is 75.7 Å². The van der Waals surface area contributed by atoms with Crippen LogP contribution in [0.15, 0.2) is 73.1 Å². The van der Waals surface area contributed by atoms with Crippen LogP contribution in [0.1, 0.15) is 24.1 Å². The number of ether oxygens (including phenoxy) is 1. The average molecular weight is 404 g/mol. The van der Waals surface area contributed by atoms with Crippen LogP contribution in [0, 0.1) is 0 Å². The van der Waals surface area contributed by atoms with E-state index in [-0.39, 0.29) is 11.9 Å². The molecule has 156 valence electrons. The lowest BCUT2D eigenvalue weighted by atomic mass is 10.0. The Labute approximate surface area is 178 Å². The molecule has 0 aliphatic carbocycles. The van der Waals surface area contributed by atoms with Gasteiger partial charge in [-0.05, 0) is 61.5 Å². The van der Waals surface area contributed by atoms with Crippen LogP contribution in [0.3, 0.4) is 0 Å². The van der Waals surface area contributed by atoms with Gasteiger partial charge in [-0.25, -0.2) is 0 Å². The van der Waals surface area contributed by atoms with Gasteiger partial charge in [0.15, 0.2) is 0 Å². The van der Waals surface area contributed by atoms with Crippen LogP contribution in [0.25, 0.3) is 11.1 Å². The van der Waals surface area contributed by atoms with Gasteiger partial charge in [0, 0.05) is 18.9 Å². The van der Waals surface area contributed by atoms with E-state index in [9.17, 15) is 4.79 Å². The van der Waals surface area contributed by atoms with Crippen molar-refractivity contribution in [1.82, 2.24) is 15.2 Å². The Morgan fingerprint density at radius 3 is 2.57 bits per heavy atom. The highest BCUT2D eigenvalue weighted by Crippen LogP contribution is 2.21. The van der Waals surface area contributed by atoms with Gasteiger partial charge in [0.25, 0.3) is 0 Å². The van der Waals surface area contributed by atoms with Gasteiger partial charge >= 0.3 is 0 Å². The van der Waals surface area contributed by atoms with E-state index >= 15 is 0 Å². The molecule has 2 aromatic carbocycles. The summed E-state index contributed by atoms with van der Waals surface area (Å²) < 4.78 is 5.76. The third kappa shape index (κ3) is 6.42. The average Bonchev–Trinajstić information content (AvgIpc) is 2.74. The van der Waals surface area contributed by atoms with Gasteiger partial charge in [-0.1, -0.05) is 42.5 Å². The Kier molecular flexibility index (Phi) is 7.57. The molecule has 3 aromatic rings. The summed E-state index contributed by atoms with van der Waals surface area (Å²) in [4.78, 5) is 18.8. The van der Waals surface area contributed by atoms with Crippen LogP contribution < -0.4 is 10.1 Å². The summed E-state index contributed by atoms with van der Waals surface area (Å²) in [6.45, 7) is 3.47. The first kappa shape index (κ1) is 21.5. The van der Waals surface area contributed by atoms with Crippen molar-refractivity contribution in [2.45, 2.75) is 19.4 Å². The monoisotopic (exact) mass is 403 g/mol. The number of carbonyl (C=O) groups excluding carboxylic acids is 1. The maximum absolute atomic E-state index is 12.5. The number of carbonyl (C=O) groups is 1. The number of aromatic nitrogens is 1. The van der Waals surface area contributed by atoms with Crippen LogP contribution in [0.4, 0.5) is 0 Å². The fraction of sp³-hybridized carbons (Fsp3) is 0.280. The minimum absolute atomic E-state index is 0.00993. The van der Waals surface area contributed by atoms with Crippen molar-refractivity contribution in [3.05, 3.63) is 84.2 Å². The molecule has 30 heavy (non-hydrogen) atoms. The molecule has 1 amide bonds. The second-order valence-corrected chi connectivity index (χ2v) is 7.63. The summed E-state index contributed by atoms with van der Waals surface area (Å²) in [5.74, 6) is 0.783. The molecule has 0 fully saturated rings. The quantitative estimate of drug-likeness (QED) is 0.584. The van der Waals surface area contributed by atoms with Crippen molar-refractivity contribution in [2.75, 3.05) is 27.2 Å². The molecule has 1 atom stereocenters. The van der Waals surface area contributed by atoms with Crippen LogP contribution in [0.2, 0.25) is 0 Å². The first-order chi connectivity index (χ1) is 14.5.